The maximum atomic E-state index is 13.1. The molecule has 10 heteroatoms. The number of H-pyrrole nitrogens is 2. The highest BCUT2D eigenvalue weighted by Gasteiger charge is 2.31. The number of hydrogen-bond donors (Lipinski definition) is 2. The molecule has 0 radical (unpaired) electrons. The van der Waals surface area contributed by atoms with E-state index in [4.69, 9.17) is 14.7 Å². The fourth-order valence-corrected chi connectivity index (χ4v) is 5.60. The third-order valence-corrected chi connectivity index (χ3v) is 7.55. The van der Waals surface area contributed by atoms with Crippen molar-refractivity contribution in [2.45, 2.75) is 5.25 Å². The molecule has 6 rings (SSSR count). The number of nitrogens with zero attached hydrogens (tertiary/aromatic N) is 4. The van der Waals surface area contributed by atoms with E-state index in [-0.39, 0.29) is 0 Å². The molecule has 1 fully saturated rings. The monoisotopic (exact) mass is 488 g/mol. The number of benzene rings is 2. The van der Waals surface area contributed by atoms with E-state index < -0.39 is 15.1 Å². The Morgan fingerprint density at radius 1 is 0.971 bits per heavy atom. The number of imidazole rings is 1. The summed E-state index contributed by atoms with van der Waals surface area (Å²) in [7, 11) is -3.62. The molecule has 178 valence electrons. The molecular weight excluding hydrogens is 464 g/mol. The van der Waals surface area contributed by atoms with Gasteiger partial charge in [-0.05, 0) is 36.4 Å². The van der Waals surface area contributed by atoms with Gasteiger partial charge in [0.15, 0.2) is 20.9 Å². The topological polar surface area (TPSA) is 117 Å². The lowest BCUT2D eigenvalue weighted by atomic mass is 10.1. The van der Waals surface area contributed by atoms with E-state index in [1.165, 1.54) is 6.26 Å². The number of hydrogen-bond acceptors (Lipinski definition) is 7. The van der Waals surface area contributed by atoms with Crippen LogP contribution in [0.5, 0.6) is 0 Å². The smallest absolute Gasteiger partial charge is 0.163 e. The highest BCUT2D eigenvalue weighted by molar-refractivity contribution is 7.91. The Bertz CT molecular complexity index is 1600. The zero-order valence-electron chi connectivity index (χ0n) is 19.1. The molecule has 3 aromatic heterocycles. The summed E-state index contributed by atoms with van der Waals surface area (Å²) in [5.41, 5.74) is 3.68. The molecule has 1 aliphatic heterocycles. The second-order valence-electron chi connectivity index (χ2n) is 8.70. The minimum atomic E-state index is -3.62. The second kappa shape index (κ2) is 8.47. The van der Waals surface area contributed by atoms with Gasteiger partial charge in [-0.25, -0.2) is 23.4 Å². The molecule has 1 atom stereocenters. The highest BCUT2D eigenvalue weighted by atomic mass is 32.2. The van der Waals surface area contributed by atoms with Crippen LogP contribution in [0, 0.1) is 0 Å². The van der Waals surface area contributed by atoms with Gasteiger partial charge >= 0.3 is 0 Å². The van der Waals surface area contributed by atoms with Crippen LogP contribution in [0.15, 0.2) is 60.8 Å². The summed E-state index contributed by atoms with van der Waals surface area (Å²) < 4.78 is 31.8. The summed E-state index contributed by atoms with van der Waals surface area (Å²) in [6, 6.07) is 17.2. The maximum Gasteiger partial charge on any atom is 0.163 e. The fourth-order valence-electron chi connectivity index (χ4n) is 4.52. The minimum Gasteiger partial charge on any atom is -0.378 e. The number of aromatic amines is 2. The van der Waals surface area contributed by atoms with Crippen molar-refractivity contribution in [1.29, 1.82) is 0 Å². The number of ether oxygens (including phenoxy) is 1. The van der Waals surface area contributed by atoms with Crippen molar-refractivity contribution in [3.63, 3.8) is 0 Å². The minimum absolute atomic E-state index is 0.340. The fraction of sp³-hybridized carbons (Fsp3) is 0.240. The quantitative estimate of drug-likeness (QED) is 0.389. The van der Waals surface area contributed by atoms with E-state index >= 15 is 0 Å². The van der Waals surface area contributed by atoms with Gasteiger partial charge in [-0.1, -0.05) is 12.1 Å². The summed E-state index contributed by atoms with van der Waals surface area (Å²) in [6.45, 7) is 2.51. The lowest BCUT2D eigenvalue weighted by Crippen LogP contribution is -2.37. The van der Waals surface area contributed by atoms with Gasteiger partial charge in [-0.2, -0.15) is 0 Å². The number of para-hydroxylation sites is 2. The van der Waals surface area contributed by atoms with Crippen molar-refractivity contribution in [2.24, 2.45) is 0 Å². The van der Waals surface area contributed by atoms with E-state index in [2.05, 4.69) is 19.9 Å². The average molecular weight is 489 g/mol. The van der Waals surface area contributed by atoms with Crippen molar-refractivity contribution < 1.29 is 13.2 Å². The first-order valence-electron chi connectivity index (χ1n) is 11.4. The molecule has 9 nitrogen and oxygen atoms in total. The van der Waals surface area contributed by atoms with Crippen LogP contribution >= 0.6 is 0 Å². The second-order valence-corrected chi connectivity index (χ2v) is 10.8. The third kappa shape index (κ3) is 4.15. The zero-order valence-corrected chi connectivity index (χ0v) is 19.9. The van der Waals surface area contributed by atoms with Gasteiger partial charge in [0.05, 0.1) is 29.9 Å². The number of fused-ring (bicyclic) bond motifs is 2. The number of rotatable bonds is 5. The maximum absolute atomic E-state index is 13.1. The van der Waals surface area contributed by atoms with Crippen LogP contribution in [0.3, 0.4) is 0 Å². The van der Waals surface area contributed by atoms with E-state index in [0.29, 0.717) is 55.0 Å². The Kier molecular flexibility index (Phi) is 5.27. The predicted octanol–water partition coefficient (Wildman–Crippen LogP) is 3.47. The lowest BCUT2D eigenvalue weighted by Gasteiger charge is -2.28. The number of nitrogens with one attached hydrogen (secondary N) is 2. The standard InChI is InChI=1S/C25H24N6O3S/c1-35(32,33)23(25-27-19-4-2-3-5-20(19)28-25)21-15-22(31-10-12-34-13-11-31)30-24(29-21)17-6-7-18-16(14-17)8-9-26-18/h2-9,14-15,23,26H,10-13H2,1H3,(H,27,28). The van der Waals surface area contributed by atoms with Crippen LogP contribution in [0.25, 0.3) is 33.3 Å². The Hall–Kier alpha value is -3.76. The van der Waals surface area contributed by atoms with E-state index in [9.17, 15) is 8.42 Å². The molecule has 0 bridgehead atoms. The van der Waals surface area contributed by atoms with Crippen LogP contribution in [-0.4, -0.2) is 65.9 Å². The average Bonchev–Trinajstić information content (AvgIpc) is 3.50. The molecule has 2 aromatic carbocycles. The van der Waals surface area contributed by atoms with Crippen LogP contribution in [0.2, 0.25) is 0 Å². The predicted molar refractivity (Wildman–Crippen MR) is 135 cm³/mol. The summed E-state index contributed by atoms with van der Waals surface area (Å²) in [6.07, 6.45) is 3.10. The number of sulfone groups is 1. The normalized spacial score (nSPS) is 15.6. The van der Waals surface area contributed by atoms with Crippen LogP contribution in [0.1, 0.15) is 16.8 Å². The van der Waals surface area contributed by atoms with Crippen molar-refractivity contribution >= 4 is 37.6 Å². The van der Waals surface area contributed by atoms with Gasteiger partial charge in [-0.15, -0.1) is 0 Å². The Labute approximate surface area is 202 Å². The van der Waals surface area contributed by atoms with Gasteiger partial charge in [0.25, 0.3) is 0 Å². The first-order chi connectivity index (χ1) is 17.0. The molecule has 0 spiro atoms. The van der Waals surface area contributed by atoms with E-state index in [1.807, 2.05) is 54.7 Å². The summed E-state index contributed by atoms with van der Waals surface area (Å²) >= 11 is 0. The molecule has 1 aliphatic rings. The first kappa shape index (κ1) is 21.8. The SMILES string of the molecule is CS(=O)(=O)C(c1cc(N2CCOCC2)nc(-c2ccc3[nH]ccc3c2)n1)c1nc2ccccc2[nH]1. The van der Waals surface area contributed by atoms with Crippen LogP contribution in [0.4, 0.5) is 5.82 Å². The summed E-state index contributed by atoms with van der Waals surface area (Å²) in [5.74, 6) is 1.48. The molecule has 0 saturated carbocycles. The molecule has 1 unspecified atom stereocenters. The zero-order chi connectivity index (χ0) is 24.0. The van der Waals surface area contributed by atoms with Crippen molar-refractivity contribution in [2.75, 3.05) is 37.5 Å². The lowest BCUT2D eigenvalue weighted by molar-refractivity contribution is 0.122. The molecular formula is C25H24N6O3S. The molecule has 1 saturated heterocycles. The van der Waals surface area contributed by atoms with E-state index in [1.54, 1.807) is 6.07 Å². The van der Waals surface area contributed by atoms with E-state index in [0.717, 1.165) is 22.0 Å². The van der Waals surface area contributed by atoms with Crippen molar-refractivity contribution in [3.8, 4) is 11.4 Å². The Balaban J connectivity index is 1.54. The molecule has 0 amide bonds. The number of morpholine rings is 1. The van der Waals surface area contributed by atoms with Gasteiger partial charge in [0.2, 0.25) is 0 Å². The molecule has 5 aromatic rings. The van der Waals surface area contributed by atoms with Crippen LogP contribution < -0.4 is 4.90 Å². The molecule has 4 heterocycles. The Morgan fingerprint density at radius 3 is 2.60 bits per heavy atom. The van der Waals surface area contributed by atoms with Crippen molar-refractivity contribution in [3.05, 3.63) is 72.3 Å². The number of anilines is 1. The molecule has 0 aliphatic carbocycles. The molecule has 35 heavy (non-hydrogen) atoms. The van der Waals surface area contributed by atoms with Crippen molar-refractivity contribution in [1.82, 2.24) is 24.9 Å². The highest BCUT2D eigenvalue weighted by Crippen LogP contribution is 2.32. The first-order valence-corrected chi connectivity index (χ1v) is 13.3. The van der Waals surface area contributed by atoms with Gasteiger partial charge in [-0.3, -0.25) is 0 Å². The van der Waals surface area contributed by atoms with Gasteiger partial charge in [0.1, 0.15) is 11.6 Å². The molecule has 2 N–H and O–H groups in total. The van der Waals surface area contributed by atoms with Crippen LogP contribution in [-0.2, 0) is 14.6 Å². The summed E-state index contributed by atoms with van der Waals surface area (Å²) in [5, 5.41) is -0.0335. The number of aromatic nitrogens is 5. The largest absolute Gasteiger partial charge is 0.378 e. The third-order valence-electron chi connectivity index (χ3n) is 6.23. The Morgan fingerprint density at radius 2 is 1.80 bits per heavy atom. The van der Waals surface area contributed by atoms with Gasteiger partial charge < -0.3 is 19.6 Å². The summed E-state index contributed by atoms with van der Waals surface area (Å²) in [4.78, 5) is 22.7. The van der Waals surface area contributed by atoms with Gasteiger partial charge in [0, 0.05) is 48.1 Å².